The maximum absolute atomic E-state index is 13.3. The van der Waals surface area contributed by atoms with Crippen LogP contribution in [-0.2, 0) is 17.3 Å². The number of methoxy groups -OCH3 is 2. The van der Waals surface area contributed by atoms with Crippen LogP contribution in [0.15, 0.2) is 30.6 Å². The third-order valence-electron chi connectivity index (χ3n) is 7.15. The Kier molecular flexibility index (Phi) is 8.46. The Morgan fingerprint density at radius 2 is 1.86 bits per heavy atom. The second-order valence-corrected chi connectivity index (χ2v) is 9.48. The third kappa shape index (κ3) is 6.15. The summed E-state index contributed by atoms with van der Waals surface area (Å²) in [6.07, 6.45) is 3.36. The zero-order valence-corrected chi connectivity index (χ0v) is 20.7. The Bertz CT molecular complexity index is 1040. The molecule has 1 saturated heterocycles. The molecule has 1 amide bonds. The monoisotopic (exact) mass is 506 g/mol. The lowest BCUT2D eigenvalue weighted by molar-refractivity contribution is -0.137. The Hall–Kier alpha value is -2.72. The molecule has 10 heteroatoms. The first-order valence-electron chi connectivity index (χ1n) is 12.4. The molecule has 196 valence electrons. The summed E-state index contributed by atoms with van der Waals surface area (Å²) in [5.74, 6) is -0.0595. The Balaban J connectivity index is 1.42. The average Bonchev–Trinajstić information content (AvgIpc) is 2.88. The van der Waals surface area contributed by atoms with E-state index in [0.29, 0.717) is 36.4 Å². The van der Waals surface area contributed by atoms with Gasteiger partial charge in [-0.1, -0.05) is 31.0 Å². The molecule has 0 bridgehead atoms. The molecular formula is C26H33F3N4O3. The predicted octanol–water partition coefficient (Wildman–Crippen LogP) is 4.25. The first-order chi connectivity index (χ1) is 17.3. The third-order valence-corrected chi connectivity index (χ3v) is 7.15. The van der Waals surface area contributed by atoms with Crippen LogP contribution in [0.1, 0.15) is 65.8 Å². The molecule has 1 aromatic carbocycles. The van der Waals surface area contributed by atoms with Crippen LogP contribution in [0, 0.1) is 0 Å². The van der Waals surface area contributed by atoms with Gasteiger partial charge in [0.15, 0.2) is 11.4 Å². The van der Waals surface area contributed by atoms with Crippen LogP contribution < -0.4 is 10.1 Å². The molecule has 2 atom stereocenters. The van der Waals surface area contributed by atoms with Crippen LogP contribution in [0.25, 0.3) is 0 Å². The van der Waals surface area contributed by atoms with Crippen molar-refractivity contribution < 1.29 is 27.4 Å². The Labute approximate surface area is 209 Å². The lowest BCUT2D eigenvalue weighted by Crippen LogP contribution is -2.52. The molecule has 2 fully saturated rings. The van der Waals surface area contributed by atoms with Gasteiger partial charge in [0.25, 0.3) is 5.91 Å². The molecule has 1 saturated carbocycles. The van der Waals surface area contributed by atoms with Crippen LogP contribution in [0.4, 0.5) is 13.2 Å². The topological polar surface area (TPSA) is 76.6 Å². The lowest BCUT2D eigenvalue weighted by Gasteiger charge is -2.38. The summed E-state index contributed by atoms with van der Waals surface area (Å²) >= 11 is 0. The number of amides is 1. The van der Waals surface area contributed by atoms with Crippen molar-refractivity contribution in [1.82, 2.24) is 20.2 Å². The molecule has 1 aliphatic heterocycles. The molecule has 2 aromatic rings. The normalized spacial score (nSPS) is 21.4. The highest BCUT2D eigenvalue weighted by Crippen LogP contribution is 2.31. The number of likely N-dealkylation sites (tertiary alicyclic amines) is 1. The quantitative estimate of drug-likeness (QED) is 0.605. The summed E-state index contributed by atoms with van der Waals surface area (Å²) in [6.45, 7) is 1.16. The summed E-state index contributed by atoms with van der Waals surface area (Å²) in [7, 11) is 3.18. The number of hydrogen-bond acceptors (Lipinski definition) is 6. The first kappa shape index (κ1) is 26.3. The fourth-order valence-electron chi connectivity index (χ4n) is 5.23. The molecule has 0 spiro atoms. The second-order valence-electron chi connectivity index (χ2n) is 9.48. The molecule has 1 aromatic heterocycles. The van der Waals surface area contributed by atoms with Gasteiger partial charge in [0.05, 0.1) is 24.5 Å². The van der Waals surface area contributed by atoms with Crippen LogP contribution in [0.3, 0.4) is 0 Å². The van der Waals surface area contributed by atoms with Gasteiger partial charge in [-0.25, -0.2) is 9.97 Å². The van der Waals surface area contributed by atoms with Crippen LogP contribution >= 0.6 is 0 Å². The van der Waals surface area contributed by atoms with Crippen molar-refractivity contribution in [3.63, 3.8) is 0 Å². The van der Waals surface area contributed by atoms with Crippen molar-refractivity contribution in [2.75, 3.05) is 27.3 Å². The van der Waals surface area contributed by atoms with Crippen molar-refractivity contribution in [2.24, 2.45) is 0 Å². The number of benzene rings is 1. The molecule has 0 unspecified atom stereocenters. The largest absolute Gasteiger partial charge is 0.492 e. The number of alkyl halides is 3. The van der Waals surface area contributed by atoms with Gasteiger partial charge in [-0.2, -0.15) is 13.2 Å². The first-order valence-corrected chi connectivity index (χ1v) is 12.4. The van der Waals surface area contributed by atoms with E-state index in [1.807, 2.05) is 0 Å². The Morgan fingerprint density at radius 1 is 1.11 bits per heavy atom. The van der Waals surface area contributed by atoms with E-state index in [0.717, 1.165) is 37.8 Å². The number of rotatable bonds is 7. The van der Waals surface area contributed by atoms with Crippen molar-refractivity contribution >= 4 is 5.91 Å². The van der Waals surface area contributed by atoms with E-state index >= 15 is 0 Å². The SMILES string of the molecule is COc1c(Cc2cccc(C(F)(F)F)c2)ncnc1C(=O)N1CCC(N[C@H]2CCCC[C@H]2OC)CC1. The van der Waals surface area contributed by atoms with Crippen LogP contribution in [-0.4, -0.2) is 66.3 Å². The van der Waals surface area contributed by atoms with Gasteiger partial charge in [-0.05, 0) is 37.3 Å². The number of nitrogens with one attached hydrogen (secondary N) is 1. The maximum atomic E-state index is 13.3. The minimum absolute atomic E-state index is 0.0872. The summed E-state index contributed by atoms with van der Waals surface area (Å²) < 4.78 is 50.5. The highest BCUT2D eigenvalue weighted by Gasteiger charge is 2.32. The molecule has 0 radical (unpaired) electrons. The minimum Gasteiger partial charge on any atom is -0.492 e. The zero-order chi connectivity index (χ0) is 25.7. The molecule has 7 nitrogen and oxygen atoms in total. The highest BCUT2D eigenvalue weighted by atomic mass is 19.4. The second kappa shape index (κ2) is 11.6. The van der Waals surface area contributed by atoms with E-state index in [-0.39, 0.29) is 29.9 Å². The van der Waals surface area contributed by atoms with E-state index in [1.54, 1.807) is 18.1 Å². The van der Waals surface area contributed by atoms with Gasteiger partial charge >= 0.3 is 6.18 Å². The number of nitrogens with zero attached hydrogens (tertiary/aromatic N) is 3. The number of halogens is 3. The average molecular weight is 507 g/mol. The predicted molar refractivity (Wildman–Crippen MR) is 128 cm³/mol. The van der Waals surface area contributed by atoms with Gasteiger partial charge in [0.2, 0.25) is 0 Å². The van der Waals surface area contributed by atoms with E-state index in [9.17, 15) is 18.0 Å². The molecular weight excluding hydrogens is 473 g/mol. The highest BCUT2D eigenvalue weighted by molar-refractivity contribution is 5.95. The molecule has 2 heterocycles. The van der Waals surface area contributed by atoms with Crippen LogP contribution in [0.2, 0.25) is 0 Å². The smallest absolute Gasteiger partial charge is 0.416 e. The van der Waals surface area contributed by atoms with Crippen molar-refractivity contribution in [3.8, 4) is 5.75 Å². The van der Waals surface area contributed by atoms with E-state index in [2.05, 4.69) is 15.3 Å². The number of piperidine rings is 1. The van der Waals surface area contributed by atoms with Gasteiger partial charge in [0, 0.05) is 38.7 Å². The van der Waals surface area contributed by atoms with E-state index < -0.39 is 11.7 Å². The molecule has 36 heavy (non-hydrogen) atoms. The number of ether oxygens (including phenoxy) is 2. The molecule has 1 N–H and O–H groups in total. The van der Waals surface area contributed by atoms with Gasteiger partial charge < -0.3 is 19.7 Å². The fourth-order valence-corrected chi connectivity index (χ4v) is 5.23. The zero-order valence-electron chi connectivity index (χ0n) is 20.7. The van der Waals surface area contributed by atoms with Gasteiger partial charge in [-0.3, -0.25) is 4.79 Å². The van der Waals surface area contributed by atoms with E-state index in [1.165, 1.54) is 32.3 Å². The fraction of sp³-hybridized carbons (Fsp3) is 0.577. The van der Waals surface area contributed by atoms with Crippen molar-refractivity contribution in [2.45, 2.75) is 69.3 Å². The molecule has 1 aliphatic carbocycles. The molecule has 4 rings (SSSR count). The van der Waals surface area contributed by atoms with Crippen molar-refractivity contribution in [1.29, 1.82) is 0 Å². The van der Waals surface area contributed by atoms with Crippen molar-refractivity contribution in [3.05, 3.63) is 53.1 Å². The maximum Gasteiger partial charge on any atom is 0.416 e. The van der Waals surface area contributed by atoms with Gasteiger partial charge in [-0.15, -0.1) is 0 Å². The standard InChI is InChI=1S/C26H33F3N4O3/c1-35-22-9-4-3-8-20(22)32-19-10-12-33(13-11-19)25(34)23-24(36-2)21(30-16-31-23)15-17-6-5-7-18(14-17)26(27,28)29/h5-7,14,16,19-20,22,32H,3-4,8-13,15H2,1-2H3/t20-,22+/m0/s1. The number of aromatic nitrogens is 2. The Morgan fingerprint density at radius 3 is 2.56 bits per heavy atom. The summed E-state index contributed by atoms with van der Waals surface area (Å²) in [4.78, 5) is 23.5. The summed E-state index contributed by atoms with van der Waals surface area (Å²) in [6, 6.07) is 5.73. The lowest BCUT2D eigenvalue weighted by atomic mass is 9.90. The number of carbonyl (C=O) groups excluding carboxylic acids is 1. The number of hydrogen-bond donors (Lipinski definition) is 1. The van der Waals surface area contributed by atoms with Gasteiger partial charge in [0.1, 0.15) is 6.33 Å². The minimum atomic E-state index is -4.44. The number of carbonyl (C=O) groups is 1. The molecule has 2 aliphatic rings. The van der Waals surface area contributed by atoms with E-state index in [4.69, 9.17) is 9.47 Å². The summed E-state index contributed by atoms with van der Waals surface area (Å²) in [5.41, 5.74) is 0.192. The summed E-state index contributed by atoms with van der Waals surface area (Å²) in [5, 5.41) is 3.74. The van der Waals surface area contributed by atoms with Crippen LogP contribution in [0.5, 0.6) is 5.75 Å².